The van der Waals surface area contributed by atoms with Gasteiger partial charge in [-0.25, -0.2) is 0 Å². The predicted molar refractivity (Wildman–Crippen MR) is 77.5 cm³/mol. The van der Waals surface area contributed by atoms with E-state index in [1.165, 1.54) is 16.0 Å². The number of fused-ring (bicyclic) bond motifs is 1. The van der Waals surface area contributed by atoms with Gasteiger partial charge in [-0.1, -0.05) is 19.1 Å². The Hall–Kier alpha value is -1.00. The van der Waals surface area contributed by atoms with Crippen LogP contribution in [0.3, 0.4) is 0 Å². The first kappa shape index (κ1) is 13.4. The molecule has 18 heavy (non-hydrogen) atoms. The first-order valence-corrected chi connectivity index (χ1v) is 7.14. The summed E-state index contributed by atoms with van der Waals surface area (Å²) in [5.74, 6) is 0.152. The summed E-state index contributed by atoms with van der Waals surface area (Å²) in [7, 11) is 1.81. The Kier molecular flexibility index (Phi) is 3.97. The first-order valence-electron chi connectivity index (χ1n) is 6.26. The number of amides is 1. The molecular weight excluding hydrogens is 244 g/mol. The van der Waals surface area contributed by atoms with Crippen LogP contribution in [0, 0.1) is 13.8 Å². The number of benzene rings is 1. The van der Waals surface area contributed by atoms with Crippen LogP contribution in [0.25, 0.3) is 0 Å². The van der Waals surface area contributed by atoms with Crippen molar-refractivity contribution in [3.8, 4) is 0 Å². The molecule has 0 spiro atoms. The maximum atomic E-state index is 12.2. The maximum Gasteiger partial charge on any atom is 0.241 e. The molecule has 1 atom stereocenters. The number of likely N-dealkylation sites (N-methyl/N-ethyl adjacent to an activating group) is 1. The normalized spacial score (nSPS) is 18.7. The molecule has 4 heteroatoms. The Balaban J connectivity index is 2.47. The van der Waals surface area contributed by atoms with Crippen molar-refractivity contribution in [2.45, 2.75) is 30.9 Å². The van der Waals surface area contributed by atoms with Crippen molar-refractivity contribution < 1.29 is 4.79 Å². The minimum Gasteiger partial charge on any atom is -0.311 e. The lowest BCUT2D eigenvalue weighted by molar-refractivity contribution is -0.117. The second kappa shape index (κ2) is 5.33. The van der Waals surface area contributed by atoms with Crippen molar-refractivity contribution in [3.05, 3.63) is 23.3 Å². The molecule has 1 heterocycles. The van der Waals surface area contributed by atoms with Crippen LogP contribution < -0.4 is 10.2 Å². The lowest BCUT2D eigenvalue weighted by Gasteiger charge is -2.35. The van der Waals surface area contributed by atoms with Crippen molar-refractivity contribution in [1.29, 1.82) is 0 Å². The average Bonchev–Trinajstić information content (AvgIpc) is 2.33. The Morgan fingerprint density at radius 3 is 2.78 bits per heavy atom. The SMILES string of the molecule is CNCC(=O)N1CC(C)Sc2c(C)ccc(C)c21. The molecule has 3 nitrogen and oxygen atoms in total. The van der Waals surface area contributed by atoms with Crippen LogP contribution in [0.15, 0.2) is 17.0 Å². The van der Waals surface area contributed by atoms with Gasteiger partial charge in [0.05, 0.1) is 12.2 Å². The highest BCUT2D eigenvalue weighted by atomic mass is 32.2. The lowest BCUT2D eigenvalue weighted by atomic mass is 10.1. The van der Waals surface area contributed by atoms with Crippen LogP contribution in [0.2, 0.25) is 0 Å². The molecular formula is C14H20N2OS. The standard InChI is InChI=1S/C14H20N2OS/c1-9-5-6-10(2)14-13(9)16(8-11(3)18-14)12(17)7-15-4/h5-6,11,15H,7-8H2,1-4H3. The van der Waals surface area contributed by atoms with Crippen molar-refractivity contribution in [3.63, 3.8) is 0 Å². The molecule has 0 bridgehead atoms. The third kappa shape index (κ3) is 2.40. The zero-order valence-electron chi connectivity index (χ0n) is 11.4. The van der Waals surface area contributed by atoms with Gasteiger partial charge < -0.3 is 10.2 Å². The zero-order chi connectivity index (χ0) is 13.3. The summed E-state index contributed by atoms with van der Waals surface area (Å²) in [6, 6.07) is 4.24. The molecule has 0 saturated carbocycles. The number of carbonyl (C=O) groups is 1. The van der Waals surface area contributed by atoms with E-state index in [0.717, 1.165) is 12.2 Å². The summed E-state index contributed by atoms with van der Waals surface area (Å²) in [6.45, 7) is 7.56. The summed E-state index contributed by atoms with van der Waals surface area (Å²) in [5, 5.41) is 3.39. The highest BCUT2D eigenvalue weighted by Crippen LogP contribution is 2.42. The molecule has 1 aliphatic heterocycles. The Morgan fingerprint density at radius 1 is 1.44 bits per heavy atom. The van der Waals surface area contributed by atoms with E-state index in [2.05, 4.69) is 38.2 Å². The van der Waals surface area contributed by atoms with Crippen LogP contribution in [0.4, 0.5) is 5.69 Å². The van der Waals surface area contributed by atoms with Crippen molar-refractivity contribution in [1.82, 2.24) is 5.32 Å². The molecule has 0 aliphatic carbocycles. The van der Waals surface area contributed by atoms with Gasteiger partial charge in [0.25, 0.3) is 0 Å². The second-order valence-corrected chi connectivity index (χ2v) is 6.29. The number of anilines is 1. The van der Waals surface area contributed by atoms with Gasteiger partial charge in [-0.15, -0.1) is 11.8 Å². The molecule has 1 amide bonds. The highest BCUT2D eigenvalue weighted by molar-refractivity contribution is 8.00. The molecule has 1 aromatic rings. The fourth-order valence-corrected chi connectivity index (χ4v) is 3.58. The summed E-state index contributed by atoms with van der Waals surface area (Å²) >= 11 is 1.88. The molecule has 98 valence electrons. The monoisotopic (exact) mass is 264 g/mol. The molecule has 0 saturated heterocycles. The Bertz CT molecular complexity index is 473. The number of rotatable bonds is 2. The fourth-order valence-electron chi connectivity index (χ4n) is 2.31. The van der Waals surface area contributed by atoms with E-state index in [1.54, 1.807) is 0 Å². The lowest BCUT2D eigenvalue weighted by Crippen LogP contribution is -2.43. The predicted octanol–water partition coefficient (Wildman–Crippen LogP) is 2.35. The van der Waals surface area contributed by atoms with Gasteiger partial charge in [0, 0.05) is 16.7 Å². The van der Waals surface area contributed by atoms with Crippen molar-refractivity contribution >= 4 is 23.4 Å². The molecule has 0 radical (unpaired) electrons. The number of carbonyl (C=O) groups excluding carboxylic acids is 1. The van der Waals surface area contributed by atoms with E-state index in [-0.39, 0.29) is 5.91 Å². The molecule has 1 unspecified atom stereocenters. The number of aryl methyl sites for hydroxylation is 2. The minimum absolute atomic E-state index is 0.152. The van der Waals surface area contributed by atoms with E-state index in [4.69, 9.17) is 0 Å². The van der Waals surface area contributed by atoms with Gasteiger partial charge in [0.15, 0.2) is 0 Å². The fraction of sp³-hybridized carbons (Fsp3) is 0.500. The topological polar surface area (TPSA) is 32.3 Å². The quantitative estimate of drug-likeness (QED) is 0.890. The largest absolute Gasteiger partial charge is 0.311 e. The summed E-state index contributed by atoms with van der Waals surface area (Å²) in [4.78, 5) is 15.4. The first-order chi connectivity index (χ1) is 8.54. The van der Waals surface area contributed by atoms with Crippen LogP contribution in [0.1, 0.15) is 18.1 Å². The van der Waals surface area contributed by atoms with Gasteiger partial charge in [0.1, 0.15) is 0 Å². The summed E-state index contributed by atoms with van der Waals surface area (Å²) < 4.78 is 0. The third-order valence-electron chi connectivity index (χ3n) is 3.19. The van der Waals surface area contributed by atoms with Gasteiger partial charge in [-0.2, -0.15) is 0 Å². The van der Waals surface area contributed by atoms with Crippen molar-refractivity contribution in [2.24, 2.45) is 0 Å². The summed E-state index contributed by atoms with van der Waals surface area (Å²) in [5.41, 5.74) is 3.55. The number of hydrogen-bond acceptors (Lipinski definition) is 3. The van der Waals surface area contributed by atoms with E-state index in [1.807, 2.05) is 23.7 Å². The van der Waals surface area contributed by atoms with E-state index >= 15 is 0 Å². The minimum atomic E-state index is 0.152. The smallest absolute Gasteiger partial charge is 0.241 e. The second-order valence-electron chi connectivity index (χ2n) is 4.84. The molecule has 1 aliphatic rings. The highest BCUT2D eigenvalue weighted by Gasteiger charge is 2.28. The summed E-state index contributed by atoms with van der Waals surface area (Å²) in [6.07, 6.45) is 0. The molecule has 2 rings (SSSR count). The van der Waals surface area contributed by atoms with Gasteiger partial charge in [0.2, 0.25) is 5.91 Å². The number of nitrogens with zero attached hydrogens (tertiary/aromatic N) is 1. The third-order valence-corrected chi connectivity index (χ3v) is 4.49. The van der Waals surface area contributed by atoms with Crippen LogP contribution >= 0.6 is 11.8 Å². The van der Waals surface area contributed by atoms with Crippen LogP contribution in [-0.4, -0.2) is 31.3 Å². The van der Waals surface area contributed by atoms with Gasteiger partial charge in [-0.3, -0.25) is 4.79 Å². The zero-order valence-corrected chi connectivity index (χ0v) is 12.2. The number of nitrogens with one attached hydrogen (secondary N) is 1. The molecule has 1 aromatic carbocycles. The Labute approximate surface area is 113 Å². The Morgan fingerprint density at radius 2 is 2.11 bits per heavy atom. The van der Waals surface area contributed by atoms with Gasteiger partial charge in [-0.05, 0) is 32.0 Å². The number of thioether (sulfide) groups is 1. The molecule has 0 fully saturated rings. The van der Waals surface area contributed by atoms with Crippen LogP contribution in [0.5, 0.6) is 0 Å². The average molecular weight is 264 g/mol. The molecule has 0 aromatic heterocycles. The van der Waals surface area contributed by atoms with E-state index < -0.39 is 0 Å². The van der Waals surface area contributed by atoms with Crippen LogP contribution in [-0.2, 0) is 4.79 Å². The van der Waals surface area contributed by atoms with Gasteiger partial charge >= 0.3 is 0 Å². The van der Waals surface area contributed by atoms with E-state index in [9.17, 15) is 4.79 Å². The number of hydrogen-bond donors (Lipinski definition) is 1. The molecule has 1 N–H and O–H groups in total. The maximum absolute atomic E-state index is 12.2. The van der Waals surface area contributed by atoms with Crippen molar-refractivity contribution in [2.75, 3.05) is 25.0 Å². The van der Waals surface area contributed by atoms with E-state index in [0.29, 0.717) is 11.8 Å².